The summed E-state index contributed by atoms with van der Waals surface area (Å²) in [5.74, 6) is 1.06. The summed E-state index contributed by atoms with van der Waals surface area (Å²) < 4.78 is 8.06. The molecule has 0 spiro atoms. The van der Waals surface area contributed by atoms with Gasteiger partial charge in [0, 0.05) is 37.2 Å². The van der Waals surface area contributed by atoms with Gasteiger partial charge in [-0.1, -0.05) is 6.42 Å². The monoisotopic (exact) mass is 515 g/mol. The highest BCUT2D eigenvalue weighted by molar-refractivity contribution is 5.90. The quantitative estimate of drug-likeness (QED) is 0.382. The van der Waals surface area contributed by atoms with Crippen molar-refractivity contribution >= 4 is 28.9 Å². The summed E-state index contributed by atoms with van der Waals surface area (Å²) in [6.45, 7) is 7.63. The molecular formula is C26H41N7O4. The number of pyridine rings is 1. The van der Waals surface area contributed by atoms with Gasteiger partial charge < -0.3 is 25.0 Å². The number of ether oxygens (including phenoxy) is 1. The molecule has 3 heterocycles. The fraction of sp³-hybridized carbons (Fsp3) is 0.692. The van der Waals surface area contributed by atoms with Gasteiger partial charge in [-0.3, -0.25) is 15.0 Å². The van der Waals surface area contributed by atoms with Gasteiger partial charge in [-0.25, -0.2) is 14.8 Å². The first-order valence-electron chi connectivity index (χ1n) is 13.6. The lowest BCUT2D eigenvalue weighted by atomic mass is 9.85. The van der Waals surface area contributed by atoms with Crippen molar-refractivity contribution in [2.45, 2.75) is 70.9 Å². The van der Waals surface area contributed by atoms with E-state index in [0.717, 1.165) is 50.8 Å². The second kappa shape index (κ2) is 13.0. The van der Waals surface area contributed by atoms with E-state index in [2.05, 4.69) is 30.8 Å². The van der Waals surface area contributed by atoms with Gasteiger partial charge in [-0.2, -0.15) is 0 Å². The molecule has 0 aromatic carbocycles. The van der Waals surface area contributed by atoms with Gasteiger partial charge in [-0.15, -0.1) is 0 Å². The fourth-order valence-electron chi connectivity index (χ4n) is 5.29. The van der Waals surface area contributed by atoms with Gasteiger partial charge in [0.15, 0.2) is 0 Å². The standard InChI is InChI=1S/C26H41N7O4/c1-18(2)29-24(35)19-6-8-20(9-7-19)33-22-16-23(37-15-13-32-11-4-3-5-12-32)28-17-21(22)30-25(33)31-26(36)27-10-14-34/h16-20,34H,3-15H2,1-2H3,(H,29,35)(H2,27,30,31,36). The molecule has 0 atom stereocenters. The van der Waals surface area contributed by atoms with Gasteiger partial charge in [0.1, 0.15) is 12.1 Å². The van der Waals surface area contributed by atoms with Gasteiger partial charge in [0.05, 0.1) is 18.3 Å². The van der Waals surface area contributed by atoms with E-state index in [9.17, 15) is 9.59 Å². The van der Waals surface area contributed by atoms with Crippen molar-refractivity contribution in [1.29, 1.82) is 0 Å². The number of aliphatic hydroxyl groups is 1. The van der Waals surface area contributed by atoms with Gasteiger partial charge in [-0.05, 0) is 65.5 Å². The highest BCUT2D eigenvalue weighted by Crippen LogP contribution is 2.37. The molecule has 2 aromatic heterocycles. The summed E-state index contributed by atoms with van der Waals surface area (Å²) in [5, 5.41) is 17.5. The Bertz CT molecular complexity index is 1040. The molecule has 1 aliphatic carbocycles. The number of aromatic nitrogens is 3. The Labute approximate surface area is 218 Å². The van der Waals surface area contributed by atoms with Crippen LogP contribution in [0.3, 0.4) is 0 Å². The zero-order chi connectivity index (χ0) is 26.2. The van der Waals surface area contributed by atoms with Crippen LogP contribution < -0.4 is 20.7 Å². The Kier molecular flexibility index (Phi) is 9.56. The molecule has 1 aliphatic heterocycles. The molecule has 4 rings (SSSR count). The maximum absolute atomic E-state index is 12.5. The molecule has 2 aromatic rings. The molecular weight excluding hydrogens is 474 g/mol. The lowest BCUT2D eigenvalue weighted by Crippen LogP contribution is -2.37. The lowest BCUT2D eigenvalue weighted by Gasteiger charge is -2.30. The number of likely N-dealkylation sites (tertiary alicyclic amines) is 1. The third-order valence-electron chi connectivity index (χ3n) is 7.14. The number of hydrogen-bond acceptors (Lipinski definition) is 7. The molecule has 204 valence electrons. The second-order valence-corrected chi connectivity index (χ2v) is 10.3. The number of imidazole rings is 1. The number of carbonyl (C=O) groups excluding carboxylic acids is 2. The first kappa shape index (κ1) is 27.1. The maximum Gasteiger partial charge on any atom is 0.321 e. The zero-order valence-corrected chi connectivity index (χ0v) is 22.0. The van der Waals surface area contributed by atoms with Crippen LogP contribution in [0.5, 0.6) is 5.88 Å². The largest absolute Gasteiger partial charge is 0.476 e. The van der Waals surface area contributed by atoms with Crippen LogP contribution in [0, 0.1) is 5.92 Å². The summed E-state index contributed by atoms with van der Waals surface area (Å²) in [7, 11) is 0. The van der Waals surface area contributed by atoms with Crippen molar-refractivity contribution in [3.8, 4) is 5.88 Å². The molecule has 2 aliphatic rings. The lowest BCUT2D eigenvalue weighted by molar-refractivity contribution is -0.126. The minimum absolute atomic E-state index is 0.00644. The average molecular weight is 516 g/mol. The molecule has 1 saturated carbocycles. The van der Waals surface area contributed by atoms with E-state index in [1.165, 1.54) is 19.3 Å². The zero-order valence-electron chi connectivity index (χ0n) is 22.0. The van der Waals surface area contributed by atoms with Gasteiger partial charge >= 0.3 is 6.03 Å². The topological polar surface area (TPSA) is 134 Å². The Balaban J connectivity index is 1.50. The summed E-state index contributed by atoms with van der Waals surface area (Å²) >= 11 is 0. The number of nitrogens with zero attached hydrogens (tertiary/aromatic N) is 4. The van der Waals surface area contributed by atoms with Crippen LogP contribution in [-0.2, 0) is 4.79 Å². The predicted molar refractivity (Wildman–Crippen MR) is 142 cm³/mol. The van der Waals surface area contributed by atoms with Crippen molar-refractivity contribution in [2.75, 3.05) is 44.7 Å². The van der Waals surface area contributed by atoms with Crippen LogP contribution >= 0.6 is 0 Å². The van der Waals surface area contributed by atoms with E-state index in [0.29, 0.717) is 24.0 Å². The smallest absolute Gasteiger partial charge is 0.321 e. The molecule has 0 bridgehead atoms. The number of carbonyl (C=O) groups is 2. The van der Waals surface area contributed by atoms with Crippen molar-refractivity contribution in [1.82, 2.24) is 30.1 Å². The molecule has 37 heavy (non-hydrogen) atoms. The highest BCUT2D eigenvalue weighted by Gasteiger charge is 2.30. The summed E-state index contributed by atoms with van der Waals surface area (Å²) in [6, 6.07) is 1.66. The van der Waals surface area contributed by atoms with Gasteiger partial charge in [0.2, 0.25) is 17.7 Å². The molecule has 0 unspecified atom stereocenters. The van der Waals surface area contributed by atoms with E-state index in [1.807, 2.05) is 24.5 Å². The summed E-state index contributed by atoms with van der Waals surface area (Å²) in [6.07, 6.45) is 8.59. The second-order valence-electron chi connectivity index (χ2n) is 10.3. The minimum Gasteiger partial charge on any atom is -0.476 e. The normalized spacial score (nSPS) is 20.6. The number of aliphatic hydroxyl groups excluding tert-OH is 1. The minimum atomic E-state index is -0.429. The molecule has 2 fully saturated rings. The van der Waals surface area contributed by atoms with Crippen molar-refractivity contribution in [2.24, 2.45) is 5.92 Å². The Morgan fingerprint density at radius 3 is 2.62 bits per heavy atom. The van der Waals surface area contributed by atoms with Crippen LogP contribution in [0.25, 0.3) is 11.0 Å². The molecule has 4 N–H and O–H groups in total. The number of anilines is 1. The van der Waals surface area contributed by atoms with Crippen molar-refractivity contribution in [3.05, 3.63) is 12.3 Å². The van der Waals surface area contributed by atoms with Crippen LogP contribution in [0.15, 0.2) is 12.3 Å². The van der Waals surface area contributed by atoms with Crippen molar-refractivity contribution < 1.29 is 19.4 Å². The van der Waals surface area contributed by atoms with Crippen LogP contribution in [-0.4, -0.2) is 81.9 Å². The number of nitrogens with one attached hydrogen (secondary N) is 3. The number of urea groups is 1. The molecule has 0 radical (unpaired) electrons. The van der Waals surface area contributed by atoms with E-state index < -0.39 is 6.03 Å². The predicted octanol–water partition coefficient (Wildman–Crippen LogP) is 2.67. The average Bonchev–Trinajstić information content (AvgIpc) is 3.24. The van der Waals surface area contributed by atoms with Crippen molar-refractivity contribution in [3.63, 3.8) is 0 Å². The highest BCUT2D eigenvalue weighted by atomic mass is 16.5. The first-order valence-corrected chi connectivity index (χ1v) is 13.6. The van der Waals surface area contributed by atoms with E-state index in [4.69, 9.17) is 9.84 Å². The Morgan fingerprint density at radius 2 is 1.92 bits per heavy atom. The molecule has 11 heteroatoms. The SMILES string of the molecule is CC(C)NC(=O)C1CCC(n2c(NC(=O)NCCO)nc3cnc(OCCN4CCCCC4)cc32)CC1. The third kappa shape index (κ3) is 7.32. The van der Waals surface area contributed by atoms with E-state index >= 15 is 0 Å². The summed E-state index contributed by atoms with van der Waals surface area (Å²) in [4.78, 5) is 36.5. The Morgan fingerprint density at radius 1 is 1.16 bits per heavy atom. The molecule has 11 nitrogen and oxygen atoms in total. The number of piperidine rings is 1. The van der Waals surface area contributed by atoms with Crippen LogP contribution in [0.4, 0.5) is 10.7 Å². The van der Waals surface area contributed by atoms with Gasteiger partial charge in [0.25, 0.3) is 0 Å². The fourth-order valence-corrected chi connectivity index (χ4v) is 5.29. The van der Waals surface area contributed by atoms with Crippen LogP contribution in [0.2, 0.25) is 0 Å². The molecule has 1 saturated heterocycles. The number of amides is 3. The van der Waals surface area contributed by atoms with E-state index in [-0.39, 0.29) is 37.1 Å². The number of fused-ring (bicyclic) bond motifs is 1. The summed E-state index contributed by atoms with van der Waals surface area (Å²) in [5.41, 5.74) is 1.51. The first-order chi connectivity index (χ1) is 17.9. The Hall–Kier alpha value is -2.92. The third-order valence-corrected chi connectivity index (χ3v) is 7.14. The van der Waals surface area contributed by atoms with E-state index in [1.54, 1.807) is 6.20 Å². The number of hydrogen-bond donors (Lipinski definition) is 4. The van der Waals surface area contributed by atoms with Crippen LogP contribution in [0.1, 0.15) is 64.8 Å². The maximum atomic E-state index is 12.5. The number of rotatable bonds is 10. The molecule has 3 amide bonds.